The number of aromatic nitrogens is 1. The molecule has 0 radical (unpaired) electrons. The van der Waals surface area contributed by atoms with Crippen molar-refractivity contribution in [2.75, 3.05) is 6.54 Å². The van der Waals surface area contributed by atoms with Crippen molar-refractivity contribution in [1.29, 1.82) is 0 Å². The van der Waals surface area contributed by atoms with Crippen LogP contribution in [0.3, 0.4) is 0 Å². The molecule has 110 valence electrons. The van der Waals surface area contributed by atoms with Gasteiger partial charge >= 0.3 is 0 Å². The number of rotatable bonds is 6. The summed E-state index contributed by atoms with van der Waals surface area (Å²) < 4.78 is 0. The smallest absolute Gasteiger partial charge is 0.0621 e. The molecule has 1 aromatic heterocycles. The summed E-state index contributed by atoms with van der Waals surface area (Å²) in [6, 6.07) is 2.62. The highest BCUT2D eigenvalue weighted by atomic mass is 35.5. The highest BCUT2D eigenvalue weighted by Gasteiger charge is 2.39. The first kappa shape index (κ1) is 14.3. The number of hydrogen-bond donors (Lipinski definition) is 1. The van der Waals surface area contributed by atoms with E-state index in [0.29, 0.717) is 6.04 Å². The second-order valence-electron chi connectivity index (χ2n) is 6.60. The van der Waals surface area contributed by atoms with Gasteiger partial charge in [-0.05, 0) is 68.0 Å². The van der Waals surface area contributed by atoms with Crippen molar-refractivity contribution < 1.29 is 0 Å². The first-order chi connectivity index (χ1) is 9.76. The predicted molar refractivity (Wildman–Crippen MR) is 84.0 cm³/mol. The lowest BCUT2D eigenvalue weighted by molar-refractivity contribution is 0.278. The minimum absolute atomic E-state index is 0.559. The van der Waals surface area contributed by atoms with Crippen LogP contribution in [0.1, 0.15) is 44.6 Å². The zero-order chi connectivity index (χ0) is 13.9. The molecule has 0 aliphatic heterocycles. The molecule has 2 aliphatic rings. The van der Waals surface area contributed by atoms with Gasteiger partial charge in [0.15, 0.2) is 0 Å². The van der Waals surface area contributed by atoms with E-state index in [1.165, 1.54) is 37.7 Å². The molecule has 0 saturated heterocycles. The SMILES string of the molecule is CCNC(Cc1ccncc1Cl)CC1CC2CCC1C2. The fraction of sp³-hybridized carbons (Fsp3) is 0.706. The van der Waals surface area contributed by atoms with E-state index in [2.05, 4.69) is 23.3 Å². The molecule has 2 aliphatic carbocycles. The van der Waals surface area contributed by atoms with Crippen LogP contribution in [-0.4, -0.2) is 17.6 Å². The first-order valence-electron chi connectivity index (χ1n) is 8.08. The van der Waals surface area contributed by atoms with Gasteiger partial charge in [0.25, 0.3) is 0 Å². The summed E-state index contributed by atoms with van der Waals surface area (Å²) in [6.07, 6.45) is 11.9. The fourth-order valence-electron chi connectivity index (χ4n) is 4.39. The standard InChI is InChI=1S/C17H25ClN2/c1-2-20-16(9-14-5-6-19-11-17(14)18)10-15-8-12-3-4-13(15)7-12/h5-6,11-13,15-16,20H,2-4,7-10H2,1H3. The van der Waals surface area contributed by atoms with Crippen molar-refractivity contribution in [3.63, 3.8) is 0 Å². The second kappa shape index (κ2) is 6.44. The average Bonchev–Trinajstić information content (AvgIpc) is 3.04. The number of pyridine rings is 1. The summed E-state index contributed by atoms with van der Waals surface area (Å²) in [4.78, 5) is 4.08. The number of halogens is 1. The van der Waals surface area contributed by atoms with E-state index in [1.807, 2.05) is 6.20 Å². The van der Waals surface area contributed by atoms with Gasteiger partial charge < -0.3 is 5.32 Å². The highest BCUT2D eigenvalue weighted by molar-refractivity contribution is 6.31. The monoisotopic (exact) mass is 292 g/mol. The van der Waals surface area contributed by atoms with Crippen LogP contribution in [-0.2, 0) is 6.42 Å². The first-order valence-corrected chi connectivity index (χ1v) is 8.45. The lowest BCUT2D eigenvalue weighted by Crippen LogP contribution is -2.34. The molecule has 0 spiro atoms. The third-order valence-electron chi connectivity index (χ3n) is 5.29. The Morgan fingerprint density at radius 2 is 2.30 bits per heavy atom. The Balaban J connectivity index is 1.62. The minimum atomic E-state index is 0.559. The molecular weight excluding hydrogens is 268 g/mol. The number of nitrogens with zero attached hydrogens (tertiary/aromatic N) is 1. The van der Waals surface area contributed by atoms with E-state index in [1.54, 1.807) is 6.20 Å². The van der Waals surface area contributed by atoms with Crippen LogP contribution < -0.4 is 5.32 Å². The Kier molecular flexibility index (Phi) is 4.62. The molecule has 0 amide bonds. The van der Waals surface area contributed by atoms with E-state index in [4.69, 9.17) is 11.6 Å². The van der Waals surface area contributed by atoms with Gasteiger partial charge in [-0.25, -0.2) is 0 Å². The molecule has 2 fully saturated rings. The van der Waals surface area contributed by atoms with Gasteiger partial charge in [0.05, 0.1) is 5.02 Å². The predicted octanol–water partition coefficient (Wildman–Crippen LogP) is 4.08. The summed E-state index contributed by atoms with van der Waals surface area (Å²) in [6.45, 7) is 3.23. The lowest BCUT2D eigenvalue weighted by atomic mass is 9.83. The van der Waals surface area contributed by atoms with Gasteiger partial charge in [-0.1, -0.05) is 24.9 Å². The molecule has 4 unspecified atom stereocenters. The topological polar surface area (TPSA) is 24.9 Å². The Morgan fingerprint density at radius 1 is 1.40 bits per heavy atom. The molecule has 1 aromatic rings. The van der Waals surface area contributed by atoms with Gasteiger partial charge in [0.2, 0.25) is 0 Å². The molecular formula is C17H25ClN2. The van der Waals surface area contributed by atoms with Gasteiger partial charge in [-0.3, -0.25) is 4.98 Å². The molecule has 2 bridgehead atoms. The minimum Gasteiger partial charge on any atom is -0.314 e. The van der Waals surface area contributed by atoms with Crippen LogP contribution in [0.4, 0.5) is 0 Å². The molecule has 3 rings (SSSR count). The molecule has 0 aromatic carbocycles. The summed E-state index contributed by atoms with van der Waals surface area (Å²) in [7, 11) is 0. The van der Waals surface area contributed by atoms with Crippen LogP contribution in [0.25, 0.3) is 0 Å². The number of fused-ring (bicyclic) bond motifs is 2. The Bertz CT molecular complexity index is 448. The van der Waals surface area contributed by atoms with Crippen molar-refractivity contribution in [2.24, 2.45) is 17.8 Å². The molecule has 2 nitrogen and oxygen atoms in total. The summed E-state index contributed by atoms with van der Waals surface area (Å²) in [5.74, 6) is 2.99. The van der Waals surface area contributed by atoms with E-state index in [9.17, 15) is 0 Å². The Hall–Kier alpha value is -0.600. The Morgan fingerprint density at radius 3 is 2.95 bits per heavy atom. The van der Waals surface area contributed by atoms with Crippen molar-refractivity contribution in [1.82, 2.24) is 10.3 Å². The van der Waals surface area contributed by atoms with Crippen LogP contribution >= 0.6 is 11.6 Å². The fourth-order valence-corrected chi connectivity index (χ4v) is 4.59. The second-order valence-corrected chi connectivity index (χ2v) is 7.00. The van der Waals surface area contributed by atoms with E-state index in [0.717, 1.165) is 35.7 Å². The van der Waals surface area contributed by atoms with Crippen molar-refractivity contribution >= 4 is 11.6 Å². The van der Waals surface area contributed by atoms with Gasteiger partial charge in [0, 0.05) is 18.4 Å². The molecule has 1 N–H and O–H groups in total. The molecule has 3 heteroatoms. The van der Waals surface area contributed by atoms with Crippen LogP contribution in [0.2, 0.25) is 5.02 Å². The van der Waals surface area contributed by atoms with Crippen molar-refractivity contribution in [3.8, 4) is 0 Å². The highest BCUT2D eigenvalue weighted by Crippen LogP contribution is 2.50. The van der Waals surface area contributed by atoms with Crippen LogP contribution in [0.5, 0.6) is 0 Å². The van der Waals surface area contributed by atoms with Gasteiger partial charge in [-0.15, -0.1) is 0 Å². The number of likely N-dealkylation sites (N-methyl/N-ethyl adjacent to an activating group) is 1. The zero-order valence-corrected chi connectivity index (χ0v) is 13.1. The van der Waals surface area contributed by atoms with Gasteiger partial charge in [-0.2, -0.15) is 0 Å². The van der Waals surface area contributed by atoms with Crippen molar-refractivity contribution in [2.45, 2.75) is 51.5 Å². The zero-order valence-electron chi connectivity index (χ0n) is 12.3. The largest absolute Gasteiger partial charge is 0.314 e. The quantitative estimate of drug-likeness (QED) is 0.854. The lowest BCUT2D eigenvalue weighted by Gasteiger charge is -2.27. The normalized spacial score (nSPS) is 29.8. The van der Waals surface area contributed by atoms with E-state index < -0.39 is 0 Å². The van der Waals surface area contributed by atoms with E-state index in [-0.39, 0.29) is 0 Å². The number of nitrogens with one attached hydrogen (secondary N) is 1. The maximum Gasteiger partial charge on any atom is 0.0621 e. The molecule has 1 heterocycles. The van der Waals surface area contributed by atoms with Crippen molar-refractivity contribution in [3.05, 3.63) is 29.0 Å². The molecule has 4 atom stereocenters. The third kappa shape index (κ3) is 3.17. The Labute approximate surface area is 127 Å². The van der Waals surface area contributed by atoms with Crippen LogP contribution in [0, 0.1) is 17.8 Å². The summed E-state index contributed by atoms with van der Waals surface area (Å²) in [5.41, 5.74) is 1.23. The van der Waals surface area contributed by atoms with Gasteiger partial charge in [0.1, 0.15) is 0 Å². The summed E-state index contributed by atoms with van der Waals surface area (Å²) >= 11 is 6.26. The average molecular weight is 293 g/mol. The van der Waals surface area contributed by atoms with Crippen LogP contribution in [0.15, 0.2) is 18.5 Å². The van der Waals surface area contributed by atoms with E-state index >= 15 is 0 Å². The third-order valence-corrected chi connectivity index (χ3v) is 5.63. The number of hydrogen-bond acceptors (Lipinski definition) is 2. The maximum absolute atomic E-state index is 6.26. The maximum atomic E-state index is 6.26. The molecule has 2 saturated carbocycles. The molecule has 20 heavy (non-hydrogen) atoms. The summed E-state index contributed by atoms with van der Waals surface area (Å²) in [5, 5.41) is 4.47.